The molecule has 1 aromatic rings. The fourth-order valence-corrected chi connectivity index (χ4v) is 1.89. The van der Waals surface area contributed by atoms with Crippen molar-refractivity contribution in [3.8, 4) is 0 Å². The van der Waals surface area contributed by atoms with E-state index in [-0.39, 0.29) is 12.1 Å². The number of alkyl halides is 2. The first-order valence-electron chi connectivity index (χ1n) is 3.85. The van der Waals surface area contributed by atoms with Gasteiger partial charge in [0.2, 0.25) is 10.0 Å². The number of halogens is 2. The molecule has 0 aromatic carbocycles. The van der Waals surface area contributed by atoms with Crippen LogP contribution < -0.4 is 10.9 Å². The molecule has 5 nitrogen and oxygen atoms in total. The van der Waals surface area contributed by atoms with Gasteiger partial charge in [-0.2, -0.15) is 0 Å². The summed E-state index contributed by atoms with van der Waals surface area (Å²) in [4.78, 5) is 2.93. The molecule has 8 heteroatoms. The van der Waals surface area contributed by atoms with Gasteiger partial charge in [-0.1, -0.05) is 0 Å². The SMILES string of the molecule is NCc1c(C(F)F)cncc1S(N)(=O)=O. The number of pyridine rings is 1. The number of nitrogens with two attached hydrogens (primary N) is 2. The predicted octanol–water partition coefficient (Wildman–Crippen LogP) is 0.125. The van der Waals surface area contributed by atoms with E-state index in [1.54, 1.807) is 0 Å². The highest BCUT2D eigenvalue weighted by Crippen LogP contribution is 2.25. The molecule has 0 bridgehead atoms. The fraction of sp³-hybridized carbons (Fsp3) is 0.286. The molecule has 4 N–H and O–H groups in total. The summed E-state index contributed by atoms with van der Waals surface area (Å²) in [7, 11) is -4.08. The second-order valence-corrected chi connectivity index (χ2v) is 4.29. The van der Waals surface area contributed by atoms with Crippen LogP contribution >= 0.6 is 0 Å². The summed E-state index contributed by atoms with van der Waals surface area (Å²) in [6.45, 7) is -0.339. The van der Waals surface area contributed by atoms with Crippen LogP contribution in [0.15, 0.2) is 17.3 Å². The second kappa shape index (κ2) is 4.17. The molecule has 0 aliphatic rings. The summed E-state index contributed by atoms with van der Waals surface area (Å²) < 4.78 is 47.0. The Kier molecular flexibility index (Phi) is 3.32. The van der Waals surface area contributed by atoms with Crippen LogP contribution in [0.25, 0.3) is 0 Å². The van der Waals surface area contributed by atoms with E-state index in [0.29, 0.717) is 0 Å². The van der Waals surface area contributed by atoms with E-state index in [0.717, 1.165) is 12.4 Å². The van der Waals surface area contributed by atoms with Crippen LogP contribution in [0.3, 0.4) is 0 Å². The molecular weight excluding hydrogens is 228 g/mol. The van der Waals surface area contributed by atoms with E-state index in [1.807, 2.05) is 0 Å². The minimum atomic E-state index is -4.08. The molecule has 15 heavy (non-hydrogen) atoms. The molecule has 0 saturated heterocycles. The van der Waals surface area contributed by atoms with Crippen molar-refractivity contribution >= 4 is 10.0 Å². The third-order valence-electron chi connectivity index (χ3n) is 1.80. The molecule has 0 amide bonds. The molecule has 1 heterocycles. The summed E-state index contributed by atoms with van der Waals surface area (Å²) in [5, 5.41) is 4.83. The van der Waals surface area contributed by atoms with Crippen molar-refractivity contribution < 1.29 is 17.2 Å². The summed E-state index contributed by atoms with van der Waals surface area (Å²) in [6, 6.07) is 0. The maximum Gasteiger partial charge on any atom is 0.265 e. The molecular formula is C7H9F2N3O2S. The van der Waals surface area contributed by atoms with Crippen molar-refractivity contribution in [1.29, 1.82) is 0 Å². The van der Waals surface area contributed by atoms with Gasteiger partial charge in [0.1, 0.15) is 4.90 Å². The first kappa shape index (κ1) is 12.0. The van der Waals surface area contributed by atoms with Gasteiger partial charge < -0.3 is 5.73 Å². The molecule has 1 aromatic heterocycles. The van der Waals surface area contributed by atoms with Gasteiger partial charge in [0, 0.05) is 24.5 Å². The van der Waals surface area contributed by atoms with Crippen molar-refractivity contribution in [2.75, 3.05) is 0 Å². The van der Waals surface area contributed by atoms with E-state index >= 15 is 0 Å². The van der Waals surface area contributed by atoms with Gasteiger partial charge in [0.05, 0.1) is 0 Å². The first-order valence-corrected chi connectivity index (χ1v) is 5.40. The number of rotatable bonds is 3. The highest BCUT2D eigenvalue weighted by atomic mass is 32.2. The predicted molar refractivity (Wildman–Crippen MR) is 48.5 cm³/mol. The zero-order valence-electron chi connectivity index (χ0n) is 7.52. The molecule has 0 atom stereocenters. The zero-order valence-corrected chi connectivity index (χ0v) is 8.34. The minimum Gasteiger partial charge on any atom is -0.326 e. The highest BCUT2D eigenvalue weighted by Gasteiger charge is 2.21. The van der Waals surface area contributed by atoms with Crippen molar-refractivity contribution in [3.05, 3.63) is 23.5 Å². The lowest BCUT2D eigenvalue weighted by Crippen LogP contribution is -2.18. The largest absolute Gasteiger partial charge is 0.326 e. The quantitative estimate of drug-likeness (QED) is 0.780. The van der Waals surface area contributed by atoms with E-state index in [9.17, 15) is 17.2 Å². The molecule has 84 valence electrons. The number of hydrogen-bond acceptors (Lipinski definition) is 4. The standard InChI is InChI=1S/C7H9F2N3O2S/c8-7(9)5-2-12-3-6(4(5)1-10)15(11,13)14/h2-3,7H,1,10H2,(H2,11,13,14). The van der Waals surface area contributed by atoms with Crippen LogP contribution in [0.5, 0.6) is 0 Å². The lowest BCUT2D eigenvalue weighted by molar-refractivity contribution is 0.149. The Bertz CT molecular complexity index is 461. The van der Waals surface area contributed by atoms with Gasteiger partial charge >= 0.3 is 0 Å². The Hall–Kier alpha value is -1.12. The first-order chi connectivity index (χ1) is 6.88. The Morgan fingerprint density at radius 3 is 2.40 bits per heavy atom. The van der Waals surface area contributed by atoms with Crippen LogP contribution in [-0.2, 0) is 16.6 Å². The number of hydrogen-bond donors (Lipinski definition) is 2. The average Bonchev–Trinajstić information content (AvgIpc) is 2.15. The monoisotopic (exact) mass is 237 g/mol. The van der Waals surface area contributed by atoms with Gasteiger partial charge in [0.25, 0.3) is 6.43 Å². The topological polar surface area (TPSA) is 99.1 Å². The highest BCUT2D eigenvalue weighted by molar-refractivity contribution is 7.89. The van der Waals surface area contributed by atoms with Gasteiger partial charge in [-0.3, -0.25) is 4.98 Å². The lowest BCUT2D eigenvalue weighted by Gasteiger charge is -2.09. The Morgan fingerprint density at radius 1 is 1.40 bits per heavy atom. The third-order valence-corrected chi connectivity index (χ3v) is 2.76. The van der Waals surface area contributed by atoms with Crippen LogP contribution in [0.2, 0.25) is 0 Å². The molecule has 0 unspecified atom stereocenters. The van der Waals surface area contributed by atoms with E-state index in [2.05, 4.69) is 4.98 Å². The average molecular weight is 237 g/mol. The summed E-state index contributed by atoms with van der Waals surface area (Å²) >= 11 is 0. The maximum atomic E-state index is 12.5. The van der Waals surface area contributed by atoms with Gasteiger partial charge in [0.15, 0.2) is 0 Å². The molecule has 0 fully saturated rings. The van der Waals surface area contributed by atoms with Crippen LogP contribution in [0.4, 0.5) is 8.78 Å². The third kappa shape index (κ3) is 2.46. The Balaban J connectivity index is 3.49. The molecule has 0 aliphatic heterocycles. The smallest absolute Gasteiger partial charge is 0.265 e. The van der Waals surface area contributed by atoms with Crippen LogP contribution in [0, 0.1) is 0 Å². The van der Waals surface area contributed by atoms with Crippen LogP contribution in [-0.4, -0.2) is 13.4 Å². The number of primary sulfonamides is 1. The van der Waals surface area contributed by atoms with Crippen molar-refractivity contribution in [2.24, 2.45) is 10.9 Å². The summed E-state index contributed by atoms with van der Waals surface area (Å²) in [5.41, 5.74) is 4.50. The van der Waals surface area contributed by atoms with Crippen molar-refractivity contribution in [3.63, 3.8) is 0 Å². The van der Waals surface area contributed by atoms with Crippen LogP contribution in [0.1, 0.15) is 17.6 Å². The molecule has 0 spiro atoms. The summed E-state index contributed by atoms with van der Waals surface area (Å²) in [5.74, 6) is 0. The fourth-order valence-electron chi connectivity index (χ4n) is 1.14. The lowest BCUT2D eigenvalue weighted by atomic mass is 10.1. The Morgan fingerprint density at radius 2 is 2.00 bits per heavy atom. The normalized spacial score (nSPS) is 12.1. The van der Waals surface area contributed by atoms with Gasteiger partial charge in [-0.15, -0.1) is 0 Å². The summed E-state index contributed by atoms with van der Waals surface area (Å²) in [6.07, 6.45) is -1.05. The van der Waals surface area contributed by atoms with E-state index in [4.69, 9.17) is 10.9 Å². The second-order valence-electron chi connectivity index (χ2n) is 2.76. The zero-order chi connectivity index (χ0) is 11.6. The van der Waals surface area contributed by atoms with Gasteiger partial charge in [-0.05, 0) is 5.56 Å². The molecule has 0 radical (unpaired) electrons. The Labute approximate surface area is 85.2 Å². The molecule has 0 aliphatic carbocycles. The van der Waals surface area contributed by atoms with Crippen molar-refractivity contribution in [2.45, 2.75) is 17.9 Å². The molecule has 1 rings (SSSR count). The molecule has 0 saturated carbocycles. The minimum absolute atomic E-state index is 0.192. The number of sulfonamides is 1. The van der Waals surface area contributed by atoms with E-state index < -0.39 is 26.9 Å². The maximum absolute atomic E-state index is 12.5. The van der Waals surface area contributed by atoms with E-state index in [1.165, 1.54) is 0 Å². The number of nitrogens with zero attached hydrogens (tertiary/aromatic N) is 1. The van der Waals surface area contributed by atoms with Crippen molar-refractivity contribution in [1.82, 2.24) is 4.98 Å². The van der Waals surface area contributed by atoms with Gasteiger partial charge in [-0.25, -0.2) is 22.3 Å². The number of aromatic nitrogens is 1.